The maximum atomic E-state index is 12.8. The lowest BCUT2D eigenvalue weighted by Crippen LogP contribution is -2.27. The molecule has 0 atom stereocenters. The predicted molar refractivity (Wildman–Crippen MR) is 50.0 cm³/mol. The molecule has 0 aliphatic heterocycles. The van der Waals surface area contributed by atoms with Crippen molar-refractivity contribution in [1.29, 1.82) is 0 Å². The normalized spacial score (nSPS) is 11.4. The second-order valence-corrected chi connectivity index (χ2v) is 3.20. The predicted octanol–water partition coefficient (Wildman–Crippen LogP) is 0.826. The molecule has 3 nitrogen and oxygen atoms in total. The molecule has 1 aromatic carbocycles. The lowest BCUT2D eigenvalue weighted by atomic mass is 10.1. The van der Waals surface area contributed by atoms with E-state index >= 15 is 0 Å². The van der Waals surface area contributed by atoms with E-state index in [2.05, 4.69) is 0 Å². The summed E-state index contributed by atoms with van der Waals surface area (Å²) in [6.45, 7) is 0.956. The van der Waals surface area contributed by atoms with Crippen LogP contribution in [0.25, 0.3) is 6.08 Å². The largest absolute Gasteiger partial charge is 0.545 e. The highest BCUT2D eigenvalue weighted by atomic mass is 19.2. The number of halogens is 3. The van der Waals surface area contributed by atoms with E-state index in [0.29, 0.717) is 18.2 Å². The highest BCUT2D eigenvalue weighted by Gasteiger charge is 2.11. The van der Waals surface area contributed by atoms with E-state index in [-0.39, 0.29) is 5.56 Å². The summed E-state index contributed by atoms with van der Waals surface area (Å²) in [5.74, 6) is -7.23. The molecule has 0 bridgehead atoms. The van der Waals surface area contributed by atoms with Crippen molar-refractivity contribution in [3.63, 3.8) is 0 Å². The molecule has 90 valence electrons. The molecule has 1 aromatic rings. The minimum Gasteiger partial charge on any atom is -0.545 e. The molecule has 0 unspecified atom stereocenters. The molecular formula is C11H6F3O3-. The molecule has 0 N–H and O–H groups in total. The van der Waals surface area contributed by atoms with Gasteiger partial charge in [0.15, 0.2) is 23.2 Å². The molecule has 0 spiro atoms. The van der Waals surface area contributed by atoms with E-state index in [9.17, 15) is 27.9 Å². The van der Waals surface area contributed by atoms with E-state index in [0.717, 1.165) is 6.92 Å². The fourth-order valence-electron chi connectivity index (χ4n) is 1.13. The Morgan fingerprint density at radius 2 is 1.65 bits per heavy atom. The van der Waals surface area contributed by atoms with Gasteiger partial charge in [-0.25, -0.2) is 13.2 Å². The highest BCUT2D eigenvalue weighted by Crippen LogP contribution is 2.16. The SMILES string of the molecule is CC(=O)/C(=C/c1cc(F)c(F)c(F)c1)C(=O)[O-]. The van der Waals surface area contributed by atoms with E-state index in [1.807, 2.05) is 0 Å². The lowest BCUT2D eigenvalue weighted by Gasteiger charge is -2.05. The molecule has 0 heterocycles. The molecule has 17 heavy (non-hydrogen) atoms. The number of carbonyl (C=O) groups is 2. The molecule has 0 fully saturated rings. The van der Waals surface area contributed by atoms with Crippen molar-refractivity contribution in [2.45, 2.75) is 6.92 Å². The van der Waals surface area contributed by atoms with E-state index in [1.54, 1.807) is 0 Å². The van der Waals surface area contributed by atoms with Crippen molar-refractivity contribution >= 4 is 17.8 Å². The van der Waals surface area contributed by atoms with Gasteiger partial charge >= 0.3 is 0 Å². The first-order valence-electron chi connectivity index (χ1n) is 4.41. The summed E-state index contributed by atoms with van der Waals surface area (Å²) in [5, 5.41) is 10.5. The maximum absolute atomic E-state index is 12.8. The Morgan fingerprint density at radius 1 is 1.18 bits per heavy atom. The number of Topliss-reactive ketones (excluding diaryl/α,β-unsaturated/α-hetero) is 1. The second-order valence-electron chi connectivity index (χ2n) is 3.20. The molecule has 0 aliphatic rings. The summed E-state index contributed by atoms with van der Waals surface area (Å²) >= 11 is 0. The molecule has 6 heteroatoms. The molecule has 0 radical (unpaired) electrons. The van der Waals surface area contributed by atoms with E-state index in [1.165, 1.54) is 0 Å². The number of carboxylic acids is 1. The zero-order valence-electron chi connectivity index (χ0n) is 8.59. The number of carbonyl (C=O) groups excluding carboxylic acids is 2. The minimum atomic E-state index is -1.78. The van der Waals surface area contributed by atoms with Gasteiger partial charge in [-0.2, -0.15) is 0 Å². The van der Waals surface area contributed by atoms with Crippen LogP contribution in [-0.4, -0.2) is 11.8 Å². The van der Waals surface area contributed by atoms with Crippen LogP contribution in [-0.2, 0) is 9.59 Å². The second kappa shape index (κ2) is 4.82. The van der Waals surface area contributed by atoms with Crippen LogP contribution in [0.3, 0.4) is 0 Å². The van der Waals surface area contributed by atoms with Crippen LogP contribution < -0.4 is 5.11 Å². The Balaban J connectivity index is 3.30. The van der Waals surface area contributed by atoms with E-state index < -0.39 is 34.8 Å². The Labute approximate surface area is 94.2 Å². The van der Waals surface area contributed by atoms with Crippen molar-refractivity contribution in [3.05, 3.63) is 40.7 Å². The quantitative estimate of drug-likeness (QED) is 0.342. The van der Waals surface area contributed by atoms with Gasteiger partial charge in [0.2, 0.25) is 0 Å². The van der Waals surface area contributed by atoms with Crippen molar-refractivity contribution in [1.82, 2.24) is 0 Å². The molecule has 0 aromatic heterocycles. The first-order valence-corrected chi connectivity index (χ1v) is 4.41. The molecule has 0 saturated carbocycles. The monoisotopic (exact) mass is 243 g/mol. The number of benzene rings is 1. The van der Waals surface area contributed by atoms with Crippen molar-refractivity contribution in [2.24, 2.45) is 0 Å². The third-order valence-corrected chi connectivity index (χ3v) is 1.92. The summed E-state index contributed by atoms with van der Waals surface area (Å²) in [5.41, 5.74) is -1.04. The Morgan fingerprint density at radius 3 is 2.00 bits per heavy atom. The average molecular weight is 243 g/mol. The third kappa shape index (κ3) is 2.93. The Bertz CT molecular complexity index is 482. The molecule has 1 rings (SSSR count). The van der Waals surface area contributed by atoms with E-state index in [4.69, 9.17) is 0 Å². The van der Waals surface area contributed by atoms with Crippen LogP contribution >= 0.6 is 0 Å². The van der Waals surface area contributed by atoms with Gasteiger partial charge in [0.1, 0.15) is 0 Å². The van der Waals surface area contributed by atoms with Gasteiger partial charge in [-0.1, -0.05) is 0 Å². The minimum absolute atomic E-state index is 0.282. The highest BCUT2D eigenvalue weighted by molar-refractivity contribution is 6.18. The number of ketones is 1. The van der Waals surface area contributed by atoms with Gasteiger partial charge in [-0.05, 0) is 30.7 Å². The Hall–Kier alpha value is -2.11. The van der Waals surface area contributed by atoms with Gasteiger partial charge in [0, 0.05) is 5.57 Å². The van der Waals surface area contributed by atoms with Crippen molar-refractivity contribution < 1.29 is 27.9 Å². The van der Waals surface area contributed by atoms with Crippen LogP contribution in [0.4, 0.5) is 13.2 Å². The molecule has 0 amide bonds. The topological polar surface area (TPSA) is 57.2 Å². The zero-order chi connectivity index (χ0) is 13.2. The first kappa shape index (κ1) is 13.0. The summed E-state index contributed by atoms with van der Waals surface area (Å²) in [7, 11) is 0. The van der Waals surface area contributed by atoms with Crippen molar-refractivity contribution in [3.8, 4) is 0 Å². The summed E-state index contributed by atoms with van der Waals surface area (Å²) in [6, 6.07) is 1.15. The van der Waals surface area contributed by atoms with Crippen LogP contribution in [0.2, 0.25) is 0 Å². The van der Waals surface area contributed by atoms with Crippen LogP contribution in [0.15, 0.2) is 17.7 Å². The van der Waals surface area contributed by atoms with Crippen molar-refractivity contribution in [2.75, 3.05) is 0 Å². The zero-order valence-corrected chi connectivity index (χ0v) is 8.59. The van der Waals surface area contributed by atoms with Gasteiger partial charge in [0.25, 0.3) is 0 Å². The fourth-order valence-corrected chi connectivity index (χ4v) is 1.13. The Kier molecular flexibility index (Phi) is 3.67. The molecular weight excluding hydrogens is 237 g/mol. The maximum Gasteiger partial charge on any atom is 0.194 e. The lowest BCUT2D eigenvalue weighted by molar-refractivity contribution is -0.298. The van der Waals surface area contributed by atoms with Gasteiger partial charge in [-0.15, -0.1) is 0 Å². The number of carboxylic acid groups (broad SMARTS) is 1. The number of aliphatic carboxylic acids is 1. The summed E-state index contributed by atoms with van der Waals surface area (Å²) < 4.78 is 38.2. The number of hydrogen-bond donors (Lipinski definition) is 0. The first-order chi connectivity index (χ1) is 7.82. The molecule has 0 aliphatic carbocycles. The van der Waals surface area contributed by atoms with Crippen LogP contribution in [0.1, 0.15) is 12.5 Å². The number of rotatable bonds is 3. The standard InChI is InChI=1S/C11H7F3O3/c1-5(15)7(11(16)17)2-6-3-8(12)10(14)9(13)4-6/h2-4H,1H3,(H,16,17)/p-1/b7-2-. The summed E-state index contributed by atoms with van der Waals surface area (Å²) in [4.78, 5) is 21.4. The fraction of sp³-hybridized carbons (Fsp3) is 0.0909. The van der Waals surface area contributed by atoms with Crippen LogP contribution in [0, 0.1) is 17.5 Å². The van der Waals surface area contributed by atoms with Gasteiger partial charge < -0.3 is 9.90 Å². The number of hydrogen-bond acceptors (Lipinski definition) is 3. The van der Waals surface area contributed by atoms with Gasteiger partial charge in [-0.3, -0.25) is 4.79 Å². The average Bonchev–Trinajstić information content (AvgIpc) is 2.21. The molecule has 0 saturated heterocycles. The van der Waals surface area contributed by atoms with Crippen LogP contribution in [0.5, 0.6) is 0 Å². The summed E-state index contributed by atoms with van der Waals surface area (Å²) in [6.07, 6.45) is 0.712. The smallest absolute Gasteiger partial charge is 0.194 e. The third-order valence-electron chi connectivity index (χ3n) is 1.92. The van der Waals surface area contributed by atoms with Gasteiger partial charge in [0.05, 0.1) is 5.97 Å².